The van der Waals surface area contributed by atoms with Crippen LogP contribution in [0, 0.1) is 5.41 Å². The molecule has 142 valence electrons. The molecule has 3 fully saturated rings. The second-order valence-electron chi connectivity index (χ2n) is 8.83. The predicted molar refractivity (Wildman–Crippen MR) is 96.7 cm³/mol. The van der Waals surface area contributed by atoms with E-state index in [4.69, 9.17) is 4.52 Å². The Bertz CT molecular complexity index is 728. The highest BCUT2D eigenvalue weighted by molar-refractivity contribution is 5.92. The molecule has 2 saturated heterocycles. The van der Waals surface area contributed by atoms with Crippen LogP contribution in [0.2, 0.25) is 0 Å². The van der Waals surface area contributed by atoms with Gasteiger partial charge in [0.1, 0.15) is 0 Å². The van der Waals surface area contributed by atoms with E-state index in [0.29, 0.717) is 12.3 Å². The second-order valence-corrected chi connectivity index (χ2v) is 8.83. The van der Waals surface area contributed by atoms with Gasteiger partial charge in [0, 0.05) is 37.0 Å². The fourth-order valence-electron chi connectivity index (χ4n) is 5.61. The summed E-state index contributed by atoms with van der Waals surface area (Å²) in [4.78, 5) is 29.7. The predicted octanol–water partition coefficient (Wildman–Crippen LogP) is 3.19. The molecule has 0 radical (unpaired) electrons. The van der Waals surface area contributed by atoms with Crippen LogP contribution in [0.5, 0.6) is 0 Å². The minimum Gasteiger partial charge on any atom is -0.351 e. The molecular weight excluding hydrogens is 330 g/mol. The van der Waals surface area contributed by atoms with Gasteiger partial charge in [-0.3, -0.25) is 9.59 Å². The summed E-state index contributed by atoms with van der Waals surface area (Å²) in [6.45, 7) is 8.66. The van der Waals surface area contributed by atoms with Crippen LogP contribution in [0.4, 0.5) is 0 Å². The molecule has 2 aliphatic heterocycles. The lowest BCUT2D eigenvalue weighted by atomic mass is 9.71. The number of piperidine rings is 1. The Morgan fingerprint density at radius 1 is 1.27 bits per heavy atom. The van der Waals surface area contributed by atoms with Gasteiger partial charge in [0.25, 0.3) is 5.91 Å². The maximum Gasteiger partial charge on any atom is 0.293 e. The fraction of sp³-hybridized carbons (Fsp3) is 0.750. The minimum absolute atomic E-state index is 0.0261. The van der Waals surface area contributed by atoms with Gasteiger partial charge in [-0.1, -0.05) is 38.8 Å². The van der Waals surface area contributed by atoms with Crippen LogP contribution in [0.3, 0.4) is 0 Å². The SMILES string of the molecule is CC(=O)N1C[C@@H]2C[C@@]3(C)[C@H](CCCC[C@@H]13)N2C(=O)c1cc(C(C)C)no1. The Morgan fingerprint density at radius 3 is 2.58 bits per heavy atom. The van der Waals surface area contributed by atoms with Gasteiger partial charge in [-0.25, -0.2) is 0 Å². The topological polar surface area (TPSA) is 66.7 Å². The zero-order valence-electron chi connectivity index (χ0n) is 16.2. The van der Waals surface area contributed by atoms with E-state index in [9.17, 15) is 9.59 Å². The first kappa shape index (κ1) is 17.6. The number of fused-ring (bicyclic) bond motifs is 1. The lowest BCUT2D eigenvalue weighted by Crippen LogP contribution is -2.55. The number of nitrogens with zero attached hydrogens (tertiary/aromatic N) is 3. The van der Waals surface area contributed by atoms with E-state index >= 15 is 0 Å². The maximum atomic E-state index is 13.3. The zero-order chi connectivity index (χ0) is 18.6. The summed E-state index contributed by atoms with van der Waals surface area (Å²) in [5.41, 5.74) is 0.785. The molecule has 4 rings (SSSR count). The molecule has 26 heavy (non-hydrogen) atoms. The summed E-state index contributed by atoms with van der Waals surface area (Å²) in [5, 5.41) is 4.07. The van der Waals surface area contributed by atoms with Crippen molar-refractivity contribution < 1.29 is 14.1 Å². The zero-order valence-corrected chi connectivity index (χ0v) is 16.2. The lowest BCUT2D eigenvalue weighted by Gasteiger charge is -2.46. The Labute approximate surface area is 154 Å². The number of rotatable bonds is 2. The first-order valence-electron chi connectivity index (χ1n) is 9.89. The van der Waals surface area contributed by atoms with E-state index in [2.05, 4.69) is 12.1 Å². The van der Waals surface area contributed by atoms with Crippen LogP contribution >= 0.6 is 0 Å². The number of likely N-dealkylation sites (tertiary alicyclic amines) is 2. The Morgan fingerprint density at radius 2 is 1.96 bits per heavy atom. The number of carbonyl (C=O) groups excluding carboxylic acids is 2. The molecule has 1 aromatic heterocycles. The Balaban J connectivity index is 1.70. The highest BCUT2D eigenvalue weighted by Gasteiger charge is 2.60. The number of amides is 2. The molecule has 3 heterocycles. The Kier molecular flexibility index (Phi) is 4.12. The first-order valence-corrected chi connectivity index (χ1v) is 9.89. The molecule has 0 spiro atoms. The average Bonchev–Trinajstić information content (AvgIpc) is 3.11. The lowest BCUT2D eigenvalue weighted by molar-refractivity contribution is -0.136. The van der Waals surface area contributed by atoms with Crippen molar-refractivity contribution in [3.63, 3.8) is 0 Å². The molecule has 0 aromatic carbocycles. The maximum absolute atomic E-state index is 13.3. The largest absolute Gasteiger partial charge is 0.351 e. The van der Waals surface area contributed by atoms with Crippen LogP contribution < -0.4 is 0 Å². The van der Waals surface area contributed by atoms with Crippen LogP contribution in [-0.2, 0) is 4.79 Å². The molecule has 6 heteroatoms. The molecule has 2 bridgehead atoms. The molecule has 1 saturated carbocycles. The molecule has 1 aromatic rings. The average molecular weight is 359 g/mol. The van der Waals surface area contributed by atoms with Crippen molar-refractivity contribution in [1.29, 1.82) is 0 Å². The van der Waals surface area contributed by atoms with Gasteiger partial charge in [-0.05, 0) is 25.2 Å². The van der Waals surface area contributed by atoms with Crippen molar-refractivity contribution in [2.75, 3.05) is 6.54 Å². The van der Waals surface area contributed by atoms with E-state index in [1.807, 2.05) is 23.6 Å². The molecule has 0 N–H and O–H groups in total. The van der Waals surface area contributed by atoms with Crippen molar-refractivity contribution in [1.82, 2.24) is 15.0 Å². The smallest absolute Gasteiger partial charge is 0.293 e. The molecule has 6 nitrogen and oxygen atoms in total. The third kappa shape index (κ3) is 2.48. The second kappa shape index (κ2) is 6.10. The number of carbonyl (C=O) groups is 2. The quantitative estimate of drug-likeness (QED) is 0.813. The van der Waals surface area contributed by atoms with Crippen molar-refractivity contribution >= 4 is 11.8 Å². The molecule has 3 aliphatic rings. The van der Waals surface area contributed by atoms with E-state index in [1.165, 1.54) is 0 Å². The standard InChI is InChI=1S/C20H29N3O3/c1-12(2)15-9-16(26-21-15)19(25)23-14-10-20(4)17(22(11-14)13(3)24)7-5-6-8-18(20)23/h9,12,14,17-18H,5-8,10-11H2,1-4H3/t14-,17+,18-,20+/m0/s1. The van der Waals surface area contributed by atoms with E-state index < -0.39 is 0 Å². The third-order valence-corrected chi connectivity index (χ3v) is 6.89. The number of hydrogen-bond acceptors (Lipinski definition) is 4. The highest BCUT2D eigenvalue weighted by atomic mass is 16.5. The normalized spacial score (nSPS) is 33.5. The van der Waals surface area contributed by atoms with Gasteiger partial charge in [-0.2, -0.15) is 0 Å². The van der Waals surface area contributed by atoms with Gasteiger partial charge >= 0.3 is 0 Å². The van der Waals surface area contributed by atoms with Crippen molar-refractivity contribution in [3.8, 4) is 0 Å². The molecular formula is C20H29N3O3. The van der Waals surface area contributed by atoms with Crippen molar-refractivity contribution in [2.24, 2.45) is 5.41 Å². The van der Waals surface area contributed by atoms with Gasteiger partial charge in [0.15, 0.2) is 0 Å². The summed E-state index contributed by atoms with van der Waals surface area (Å²) in [7, 11) is 0. The Hall–Kier alpha value is -1.85. The number of hydrogen-bond donors (Lipinski definition) is 0. The first-order chi connectivity index (χ1) is 12.3. The van der Waals surface area contributed by atoms with Crippen LogP contribution in [-0.4, -0.2) is 51.4 Å². The van der Waals surface area contributed by atoms with Gasteiger partial charge in [-0.15, -0.1) is 0 Å². The summed E-state index contributed by atoms with van der Waals surface area (Å²) in [6.07, 6.45) is 5.25. The van der Waals surface area contributed by atoms with E-state index in [1.54, 1.807) is 13.0 Å². The molecule has 2 amide bonds. The van der Waals surface area contributed by atoms with Crippen LogP contribution in [0.1, 0.15) is 82.0 Å². The summed E-state index contributed by atoms with van der Waals surface area (Å²) in [5.74, 6) is 0.628. The van der Waals surface area contributed by atoms with Gasteiger partial charge in [0.2, 0.25) is 11.7 Å². The molecule has 1 aliphatic carbocycles. The summed E-state index contributed by atoms with van der Waals surface area (Å²) in [6, 6.07) is 2.27. The fourth-order valence-corrected chi connectivity index (χ4v) is 5.61. The van der Waals surface area contributed by atoms with Gasteiger partial charge < -0.3 is 14.3 Å². The van der Waals surface area contributed by atoms with Gasteiger partial charge in [0.05, 0.1) is 11.7 Å². The highest BCUT2D eigenvalue weighted by Crippen LogP contribution is 2.53. The number of aromatic nitrogens is 1. The summed E-state index contributed by atoms with van der Waals surface area (Å²) >= 11 is 0. The van der Waals surface area contributed by atoms with Crippen LogP contribution in [0.25, 0.3) is 0 Å². The van der Waals surface area contributed by atoms with Crippen molar-refractivity contribution in [2.45, 2.75) is 83.8 Å². The molecule has 4 atom stereocenters. The molecule has 0 unspecified atom stereocenters. The minimum atomic E-state index is -0.0609. The van der Waals surface area contributed by atoms with Crippen LogP contribution in [0.15, 0.2) is 10.6 Å². The van der Waals surface area contributed by atoms with E-state index in [0.717, 1.165) is 37.8 Å². The van der Waals surface area contributed by atoms with E-state index in [-0.39, 0.29) is 41.3 Å². The third-order valence-electron chi connectivity index (χ3n) is 6.89. The monoisotopic (exact) mass is 359 g/mol. The summed E-state index contributed by atoms with van der Waals surface area (Å²) < 4.78 is 5.40. The van der Waals surface area contributed by atoms with Crippen molar-refractivity contribution in [3.05, 3.63) is 17.5 Å².